The van der Waals surface area contributed by atoms with Crippen LogP contribution >= 0.6 is 11.6 Å². The van der Waals surface area contributed by atoms with Crippen LogP contribution in [0.25, 0.3) is 11.1 Å². The van der Waals surface area contributed by atoms with E-state index in [-0.39, 0.29) is 5.41 Å². The molecule has 0 aromatic heterocycles. The van der Waals surface area contributed by atoms with Crippen molar-refractivity contribution in [3.8, 4) is 17.2 Å². The summed E-state index contributed by atoms with van der Waals surface area (Å²) in [6.45, 7) is 3.24. The van der Waals surface area contributed by atoms with Crippen molar-refractivity contribution in [2.45, 2.75) is 24.8 Å². The van der Waals surface area contributed by atoms with Gasteiger partial charge in [0.15, 0.2) is 0 Å². The van der Waals surface area contributed by atoms with Crippen LogP contribution < -0.4 is 0 Å². The molecule has 3 heterocycles. The van der Waals surface area contributed by atoms with Gasteiger partial charge in [0.1, 0.15) is 0 Å². The normalized spacial score (nSPS) is 22.9. The Balaban J connectivity index is 1.64. The molecule has 3 aliphatic heterocycles. The summed E-state index contributed by atoms with van der Waals surface area (Å²) < 4.78 is 0. The smallest absolute Gasteiger partial charge is 0.0991 e. The number of benzene rings is 3. The third-order valence-corrected chi connectivity index (χ3v) is 6.70. The zero-order chi connectivity index (χ0) is 19.1. The quantitative estimate of drug-likeness (QED) is 0.560. The van der Waals surface area contributed by atoms with Gasteiger partial charge < -0.3 is 0 Å². The number of nitriles is 1. The summed E-state index contributed by atoms with van der Waals surface area (Å²) in [5.74, 6) is 0. The van der Waals surface area contributed by atoms with Gasteiger partial charge in [-0.15, -0.1) is 0 Å². The third kappa shape index (κ3) is 2.83. The molecule has 0 saturated carbocycles. The van der Waals surface area contributed by atoms with Gasteiger partial charge in [0.05, 0.1) is 11.6 Å². The maximum absolute atomic E-state index is 9.23. The maximum Gasteiger partial charge on any atom is 0.0991 e. The second-order valence-electron chi connectivity index (χ2n) is 7.93. The van der Waals surface area contributed by atoms with E-state index in [1.54, 1.807) is 0 Å². The van der Waals surface area contributed by atoms with Crippen LogP contribution in [0.4, 0.5) is 0 Å². The fourth-order valence-electron chi connectivity index (χ4n) is 4.96. The van der Waals surface area contributed by atoms with Crippen molar-refractivity contribution in [3.63, 3.8) is 0 Å². The van der Waals surface area contributed by atoms with Crippen molar-refractivity contribution >= 4 is 11.6 Å². The second kappa shape index (κ2) is 6.78. The first-order valence-electron chi connectivity index (χ1n) is 9.80. The summed E-state index contributed by atoms with van der Waals surface area (Å²) in [5.41, 5.74) is 7.30. The molecule has 0 spiro atoms. The van der Waals surface area contributed by atoms with E-state index in [0.717, 1.165) is 43.1 Å². The van der Waals surface area contributed by atoms with Crippen LogP contribution in [0, 0.1) is 11.3 Å². The molecule has 0 amide bonds. The van der Waals surface area contributed by atoms with Crippen LogP contribution in [0.15, 0.2) is 66.7 Å². The highest BCUT2D eigenvalue weighted by Crippen LogP contribution is 2.47. The maximum atomic E-state index is 9.23. The lowest BCUT2D eigenvalue weighted by Gasteiger charge is -2.39. The number of piperidine rings is 1. The predicted octanol–water partition coefficient (Wildman–Crippen LogP) is 5.77. The largest absolute Gasteiger partial charge is 0.299 e. The molecule has 0 unspecified atom stereocenters. The van der Waals surface area contributed by atoms with E-state index in [1.807, 2.05) is 30.3 Å². The van der Waals surface area contributed by atoms with Crippen molar-refractivity contribution in [3.05, 3.63) is 94.0 Å². The molecule has 3 aliphatic rings. The molecule has 1 fully saturated rings. The van der Waals surface area contributed by atoms with Crippen molar-refractivity contribution in [1.29, 1.82) is 5.26 Å². The first-order valence-corrected chi connectivity index (χ1v) is 10.2. The predicted molar refractivity (Wildman–Crippen MR) is 113 cm³/mol. The summed E-state index contributed by atoms with van der Waals surface area (Å²) in [7, 11) is 0. The van der Waals surface area contributed by atoms with Crippen molar-refractivity contribution in [2.75, 3.05) is 13.1 Å². The van der Waals surface area contributed by atoms with Gasteiger partial charge in [-0.25, -0.2) is 0 Å². The Morgan fingerprint density at radius 3 is 2.39 bits per heavy atom. The summed E-state index contributed by atoms with van der Waals surface area (Å²) >= 11 is 6.16. The van der Waals surface area contributed by atoms with E-state index in [0.29, 0.717) is 5.56 Å². The molecule has 3 heteroatoms. The summed E-state index contributed by atoms with van der Waals surface area (Å²) in [6, 6.07) is 25.5. The Kier molecular flexibility index (Phi) is 4.23. The lowest BCUT2D eigenvalue weighted by atomic mass is 9.68. The second-order valence-corrected chi connectivity index (χ2v) is 8.37. The minimum absolute atomic E-state index is 0.0694. The molecule has 2 bridgehead atoms. The van der Waals surface area contributed by atoms with Crippen LogP contribution in [0.3, 0.4) is 0 Å². The Bertz CT molecular complexity index is 1070. The van der Waals surface area contributed by atoms with E-state index < -0.39 is 0 Å². The Morgan fingerprint density at radius 2 is 1.64 bits per heavy atom. The highest BCUT2D eigenvalue weighted by molar-refractivity contribution is 6.30. The van der Waals surface area contributed by atoms with Gasteiger partial charge in [0, 0.05) is 17.0 Å². The summed E-state index contributed by atoms with van der Waals surface area (Å²) in [6.07, 6.45) is 2.29. The molecular weight excluding hydrogens is 364 g/mol. The fraction of sp³-hybridized carbons (Fsp3) is 0.240. The SMILES string of the molecule is N#Cc1cccc(-c2ccc3c(c2)CN2CCC3(c3ccc(Cl)cc3)CC2)c1. The lowest BCUT2D eigenvalue weighted by molar-refractivity contribution is 0.190. The summed E-state index contributed by atoms with van der Waals surface area (Å²) in [5, 5.41) is 10.0. The highest BCUT2D eigenvalue weighted by Gasteiger charge is 2.42. The van der Waals surface area contributed by atoms with Gasteiger partial charge >= 0.3 is 0 Å². The van der Waals surface area contributed by atoms with Gasteiger partial charge in [-0.1, -0.05) is 48.0 Å². The molecule has 6 rings (SSSR count). The molecule has 3 aromatic rings. The number of rotatable bonds is 2. The topological polar surface area (TPSA) is 27.0 Å². The van der Waals surface area contributed by atoms with E-state index in [9.17, 15) is 5.26 Å². The Hall–Kier alpha value is -2.60. The average Bonchev–Trinajstić information content (AvgIpc) is 3.00. The zero-order valence-corrected chi connectivity index (χ0v) is 16.4. The third-order valence-electron chi connectivity index (χ3n) is 6.45. The van der Waals surface area contributed by atoms with Gasteiger partial charge in [-0.05, 0) is 84.1 Å². The standard InChI is InChI=1S/C25H21ClN2/c26-23-7-5-22(6-8-23)25-10-12-28(13-11-25)17-21-15-20(4-9-24(21)25)19-3-1-2-18(14-19)16-27/h1-9,14-15H,10-13,17H2. The molecule has 2 nitrogen and oxygen atoms in total. The minimum atomic E-state index is 0.0694. The molecular formula is C25H21ClN2. The molecule has 0 atom stereocenters. The number of fused-ring (bicyclic) bond motifs is 2. The van der Waals surface area contributed by atoms with E-state index in [2.05, 4.69) is 47.4 Å². The van der Waals surface area contributed by atoms with E-state index in [4.69, 9.17) is 11.6 Å². The Morgan fingerprint density at radius 1 is 0.893 bits per heavy atom. The molecule has 138 valence electrons. The molecule has 3 aromatic carbocycles. The highest BCUT2D eigenvalue weighted by atomic mass is 35.5. The zero-order valence-electron chi connectivity index (χ0n) is 15.7. The van der Waals surface area contributed by atoms with Crippen LogP contribution in [0.2, 0.25) is 5.02 Å². The van der Waals surface area contributed by atoms with Gasteiger partial charge in [-0.2, -0.15) is 5.26 Å². The average molecular weight is 385 g/mol. The van der Waals surface area contributed by atoms with Crippen LogP contribution in [0.1, 0.15) is 35.1 Å². The molecule has 0 N–H and O–H groups in total. The van der Waals surface area contributed by atoms with Gasteiger partial charge in [-0.3, -0.25) is 4.90 Å². The van der Waals surface area contributed by atoms with Gasteiger partial charge in [0.25, 0.3) is 0 Å². The molecule has 1 saturated heterocycles. The van der Waals surface area contributed by atoms with Crippen molar-refractivity contribution in [1.82, 2.24) is 4.90 Å². The van der Waals surface area contributed by atoms with Gasteiger partial charge in [0.2, 0.25) is 0 Å². The first kappa shape index (κ1) is 17.5. The number of nitrogens with zero attached hydrogens (tertiary/aromatic N) is 2. The van der Waals surface area contributed by atoms with Crippen LogP contribution in [-0.4, -0.2) is 18.0 Å². The van der Waals surface area contributed by atoms with E-state index in [1.165, 1.54) is 22.3 Å². The van der Waals surface area contributed by atoms with Crippen LogP contribution in [0.5, 0.6) is 0 Å². The van der Waals surface area contributed by atoms with Crippen molar-refractivity contribution in [2.24, 2.45) is 0 Å². The lowest BCUT2D eigenvalue weighted by Crippen LogP contribution is -2.39. The molecule has 0 radical (unpaired) electrons. The number of hydrogen-bond donors (Lipinski definition) is 0. The summed E-state index contributed by atoms with van der Waals surface area (Å²) in [4.78, 5) is 2.56. The van der Waals surface area contributed by atoms with Crippen molar-refractivity contribution < 1.29 is 0 Å². The minimum Gasteiger partial charge on any atom is -0.299 e. The molecule has 0 aliphatic carbocycles. The fourth-order valence-corrected chi connectivity index (χ4v) is 5.08. The van der Waals surface area contributed by atoms with E-state index >= 15 is 0 Å². The number of hydrogen-bond acceptors (Lipinski definition) is 2. The van der Waals surface area contributed by atoms with Crippen LogP contribution in [-0.2, 0) is 12.0 Å². The first-order chi connectivity index (χ1) is 13.7. The monoisotopic (exact) mass is 384 g/mol. The number of halogens is 1. The molecule has 28 heavy (non-hydrogen) atoms. The Labute approximate surface area is 171 Å².